The molecule has 0 radical (unpaired) electrons. The number of carbonyl (C=O) groups is 1. The number of benzene rings is 2. The zero-order valence-corrected chi connectivity index (χ0v) is 26.5. The highest BCUT2D eigenvalue weighted by Crippen LogP contribution is 2.42. The number of imidazole rings is 1. The van der Waals surface area contributed by atoms with Gasteiger partial charge in [0.25, 0.3) is 5.91 Å². The zero-order chi connectivity index (χ0) is 33.0. The number of likely N-dealkylation sites (tertiary alicyclic amines) is 1. The van der Waals surface area contributed by atoms with Crippen LogP contribution in [0.3, 0.4) is 0 Å². The van der Waals surface area contributed by atoms with E-state index in [1.807, 2.05) is 6.92 Å². The van der Waals surface area contributed by atoms with Crippen molar-refractivity contribution < 1.29 is 26.7 Å². The van der Waals surface area contributed by atoms with Crippen LogP contribution in [-0.4, -0.2) is 67.1 Å². The first kappa shape index (κ1) is 31.4. The largest absolute Gasteiger partial charge is 0.417 e. The van der Waals surface area contributed by atoms with E-state index in [0.717, 1.165) is 24.7 Å². The van der Waals surface area contributed by atoms with Gasteiger partial charge >= 0.3 is 6.18 Å². The molecule has 2 aliphatic heterocycles. The van der Waals surface area contributed by atoms with Crippen molar-refractivity contribution in [3.8, 4) is 11.1 Å². The van der Waals surface area contributed by atoms with Crippen LogP contribution in [0.15, 0.2) is 54.4 Å². The second-order valence-corrected chi connectivity index (χ2v) is 13.0. The molecule has 2 aromatic carbocycles. The lowest BCUT2D eigenvalue weighted by Crippen LogP contribution is -2.40. The number of aromatic nitrogens is 5. The minimum Gasteiger partial charge on any atom is -0.331 e. The van der Waals surface area contributed by atoms with Crippen LogP contribution in [0, 0.1) is 6.92 Å². The maximum absolute atomic E-state index is 15.0. The highest BCUT2D eigenvalue weighted by molar-refractivity contribution is 7.13. The molecule has 8 nitrogen and oxygen atoms in total. The predicted octanol–water partition coefficient (Wildman–Crippen LogP) is 6.95. The van der Waals surface area contributed by atoms with E-state index in [0.29, 0.717) is 40.5 Å². The average Bonchev–Trinajstić information content (AvgIpc) is 3.84. The Balaban J connectivity index is 1.31. The monoisotopic (exact) mass is 669 g/mol. The predicted molar refractivity (Wildman–Crippen MR) is 169 cm³/mol. The summed E-state index contributed by atoms with van der Waals surface area (Å²) in [7, 11) is 0. The van der Waals surface area contributed by atoms with Crippen molar-refractivity contribution in [3.63, 3.8) is 0 Å². The van der Waals surface area contributed by atoms with Crippen LogP contribution in [0.5, 0.6) is 0 Å². The van der Waals surface area contributed by atoms with Crippen LogP contribution in [0.4, 0.5) is 27.1 Å². The van der Waals surface area contributed by atoms with Gasteiger partial charge in [-0.3, -0.25) is 14.8 Å². The molecule has 1 fully saturated rings. The van der Waals surface area contributed by atoms with Gasteiger partial charge in [-0.2, -0.15) is 18.3 Å². The van der Waals surface area contributed by atoms with E-state index in [-0.39, 0.29) is 35.5 Å². The first-order valence-corrected chi connectivity index (χ1v) is 16.3. The van der Waals surface area contributed by atoms with Crippen molar-refractivity contribution in [1.82, 2.24) is 29.2 Å². The van der Waals surface area contributed by atoms with Crippen LogP contribution in [0.2, 0.25) is 0 Å². The molecule has 0 saturated carbocycles. The third-order valence-electron chi connectivity index (χ3n) is 9.32. The van der Waals surface area contributed by atoms with E-state index >= 15 is 4.39 Å². The normalized spacial score (nSPS) is 20.9. The molecule has 1 saturated heterocycles. The van der Waals surface area contributed by atoms with E-state index in [9.17, 15) is 22.4 Å². The van der Waals surface area contributed by atoms with Crippen LogP contribution in [0.25, 0.3) is 22.0 Å². The molecule has 3 aromatic heterocycles. The second-order valence-electron chi connectivity index (χ2n) is 12.2. The van der Waals surface area contributed by atoms with Gasteiger partial charge in [-0.1, -0.05) is 31.2 Å². The molecule has 5 heterocycles. The van der Waals surface area contributed by atoms with Crippen LogP contribution in [0.1, 0.15) is 53.4 Å². The number of hydrogen-bond acceptors (Lipinski definition) is 6. The summed E-state index contributed by atoms with van der Waals surface area (Å²) >= 11 is 1.18. The summed E-state index contributed by atoms with van der Waals surface area (Å²) in [6.45, 7) is 5.69. The standard InChI is InChI=1S/C33H32F5N7OS/c1-3-43-10-8-22(26(35)16-43)19-4-6-20(7-5-19)23-13-25(33(36,37)38)24-15-45(42-28(24)18(23)2)30(31(46)41-32-39-9-11-47-32)29-27-12-21(34)14-44(27)17-40-29/h4-7,9,11,13,15,17,21-22,26,30H,3,8,10,12,14,16H2,1-2H3,(H,39,41,46)/t21-,22-,26+,30?/m1/s1. The van der Waals surface area contributed by atoms with Gasteiger partial charge in [0.2, 0.25) is 0 Å². The average molecular weight is 670 g/mol. The molecule has 1 unspecified atom stereocenters. The Bertz CT molecular complexity index is 1920. The van der Waals surface area contributed by atoms with E-state index < -0.39 is 36.0 Å². The van der Waals surface area contributed by atoms with Crippen molar-refractivity contribution >= 4 is 33.3 Å². The second kappa shape index (κ2) is 12.1. The van der Waals surface area contributed by atoms with E-state index in [1.165, 1.54) is 34.7 Å². The van der Waals surface area contributed by atoms with Gasteiger partial charge in [0.15, 0.2) is 11.2 Å². The smallest absolute Gasteiger partial charge is 0.331 e. The van der Waals surface area contributed by atoms with Crippen LogP contribution >= 0.6 is 11.3 Å². The van der Waals surface area contributed by atoms with Crippen molar-refractivity contribution in [3.05, 3.63) is 82.5 Å². The first-order chi connectivity index (χ1) is 22.5. The molecule has 1 amide bonds. The minimum atomic E-state index is -4.74. The molecule has 7 rings (SSSR count). The number of anilines is 1. The third kappa shape index (κ3) is 5.81. The maximum Gasteiger partial charge on any atom is 0.417 e. The summed E-state index contributed by atoms with van der Waals surface area (Å²) < 4.78 is 76.1. The lowest BCUT2D eigenvalue weighted by molar-refractivity contribution is -0.136. The van der Waals surface area contributed by atoms with Gasteiger partial charge in [-0.15, -0.1) is 11.3 Å². The molecule has 0 aliphatic carbocycles. The minimum absolute atomic E-state index is 0.0188. The fourth-order valence-electron chi connectivity index (χ4n) is 6.88. The van der Waals surface area contributed by atoms with Crippen LogP contribution in [-0.2, 0) is 23.9 Å². The van der Waals surface area contributed by atoms with Gasteiger partial charge in [0, 0.05) is 47.7 Å². The molecule has 47 heavy (non-hydrogen) atoms. The highest BCUT2D eigenvalue weighted by Gasteiger charge is 2.38. The van der Waals surface area contributed by atoms with Crippen molar-refractivity contribution in [2.24, 2.45) is 0 Å². The third-order valence-corrected chi connectivity index (χ3v) is 10.0. The van der Waals surface area contributed by atoms with Gasteiger partial charge < -0.3 is 9.47 Å². The number of alkyl halides is 5. The van der Waals surface area contributed by atoms with Crippen molar-refractivity contribution in [2.45, 2.75) is 63.7 Å². The number of hydrogen-bond donors (Lipinski definition) is 1. The molecule has 0 spiro atoms. The number of nitrogens with zero attached hydrogens (tertiary/aromatic N) is 6. The lowest BCUT2D eigenvalue weighted by atomic mass is 9.86. The van der Waals surface area contributed by atoms with E-state index in [2.05, 4.69) is 25.3 Å². The molecule has 4 atom stereocenters. The van der Waals surface area contributed by atoms with Crippen LogP contribution < -0.4 is 5.32 Å². The number of halogens is 5. The van der Waals surface area contributed by atoms with Gasteiger partial charge in [-0.25, -0.2) is 18.7 Å². The Hall–Kier alpha value is -4.17. The maximum atomic E-state index is 15.0. The molecular weight excluding hydrogens is 637 g/mol. The number of piperidine rings is 1. The van der Waals surface area contributed by atoms with Crippen molar-refractivity contribution in [1.29, 1.82) is 0 Å². The molecule has 5 aromatic rings. The van der Waals surface area contributed by atoms with Gasteiger partial charge in [0.1, 0.15) is 12.3 Å². The van der Waals surface area contributed by atoms with E-state index in [1.54, 1.807) is 41.1 Å². The number of carbonyl (C=O) groups excluding carboxylic acids is 1. The highest BCUT2D eigenvalue weighted by atomic mass is 32.1. The molecule has 1 N–H and O–H groups in total. The lowest BCUT2D eigenvalue weighted by Gasteiger charge is -2.34. The molecule has 0 bridgehead atoms. The number of aryl methyl sites for hydroxylation is 1. The van der Waals surface area contributed by atoms with Crippen molar-refractivity contribution in [2.75, 3.05) is 25.0 Å². The molecular formula is C33H32F5N7OS. The zero-order valence-electron chi connectivity index (χ0n) is 25.6. The fourth-order valence-corrected chi connectivity index (χ4v) is 7.41. The number of fused-ring (bicyclic) bond motifs is 2. The summed E-state index contributed by atoms with van der Waals surface area (Å²) in [6.07, 6.45) is -2.09. The molecule has 2 aliphatic rings. The number of nitrogens with one attached hydrogen (secondary N) is 1. The Morgan fingerprint density at radius 3 is 2.62 bits per heavy atom. The number of amides is 1. The Morgan fingerprint density at radius 2 is 1.94 bits per heavy atom. The molecule has 14 heteroatoms. The summed E-state index contributed by atoms with van der Waals surface area (Å²) in [6, 6.07) is 6.85. The number of thiazole rings is 1. The number of rotatable bonds is 7. The SMILES string of the molecule is CCN1CC[C@H](c2ccc(-c3cc(C(F)(F)F)c4cn(C(C(=O)Nc5nccs5)c5ncn6c5C[C@@H](F)C6)nc4c3C)cc2)[C@@H](F)C1. The van der Waals surface area contributed by atoms with Gasteiger partial charge in [0.05, 0.1) is 29.6 Å². The fraction of sp³-hybridized carbons (Fsp3) is 0.394. The topological polar surface area (TPSA) is 80.9 Å². The van der Waals surface area contributed by atoms with Gasteiger partial charge in [-0.05, 0) is 54.8 Å². The molecule has 246 valence electrons. The van der Waals surface area contributed by atoms with E-state index in [4.69, 9.17) is 0 Å². The Labute approximate surface area is 271 Å². The quantitative estimate of drug-likeness (QED) is 0.190. The summed E-state index contributed by atoms with van der Waals surface area (Å²) in [4.78, 5) is 24.3. The summed E-state index contributed by atoms with van der Waals surface area (Å²) in [5, 5.41) is 9.08. The first-order valence-electron chi connectivity index (χ1n) is 15.5. The Morgan fingerprint density at radius 1 is 1.15 bits per heavy atom. The summed E-state index contributed by atoms with van der Waals surface area (Å²) in [5.74, 6) is -0.893. The summed E-state index contributed by atoms with van der Waals surface area (Å²) in [5.41, 5.74) is 2.02. The Kier molecular flexibility index (Phi) is 8.11.